The maximum absolute atomic E-state index is 12.9. The Morgan fingerprint density at radius 3 is 3.00 bits per heavy atom. The second-order valence-corrected chi connectivity index (χ2v) is 3.60. The number of phenols is 1. The van der Waals surface area contributed by atoms with E-state index in [1.807, 2.05) is 18.4 Å². The highest BCUT2D eigenvalue weighted by Gasteiger charge is 2.09. The van der Waals surface area contributed by atoms with E-state index in [-0.39, 0.29) is 5.75 Å². The summed E-state index contributed by atoms with van der Waals surface area (Å²) < 4.78 is 13.6. The normalized spacial score (nSPS) is 10.8. The van der Waals surface area contributed by atoms with Gasteiger partial charge in [-0.15, -0.1) is 11.3 Å². The van der Waals surface area contributed by atoms with Crippen molar-refractivity contribution in [1.82, 2.24) is 0 Å². The maximum atomic E-state index is 12.9. The van der Waals surface area contributed by atoms with Crippen LogP contribution in [0.5, 0.6) is 5.75 Å². The molecule has 2 rings (SSSR count). The van der Waals surface area contributed by atoms with Crippen molar-refractivity contribution in [2.45, 2.75) is 6.92 Å². The minimum absolute atomic E-state index is 0.231. The van der Waals surface area contributed by atoms with Crippen LogP contribution in [0.2, 0.25) is 0 Å². The van der Waals surface area contributed by atoms with Crippen molar-refractivity contribution >= 4 is 21.4 Å². The number of fused-ring (bicyclic) bond motifs is 1. The molecule has 0 aliphatic heterocycles. The van der Waals surface area contributed by atoms with Gasteiger partial charge < -0.3 is 5.11 Å². The number of benzene rings is 1. The first-order chi connectivity index (χ1) is 5.70. The molecule has 0 amide bonds. The third-order valence-corrected chi connectivity index (χ3v) is 2.80. The smallest absolute Gasteiger partial charge is 0.169 e. The minimum Gasteiger partial charge on any atom is -0.504 e. The topological polar surface area (TPSA) is 20.2 Å². The SMILES string of the molecule is Cc1cc(F)c(O)c2sccc12. The van der Waals surface area contributed by atoms with Gasteiger partial charge in [-0.2, -0.15) is 0 Å². The molecule has 12 heavy (non-hydrogen) atoms. The average molecular weight is 182 g/mol. The van der Waals surface area contributed by atoms with Gasteiger partial charge in [0, 0.05) is 0 Å². The lowest BCUT2D eigenvalue weighted by atomic mass is 10.1. The zero-order valence-electron chi connectivity index (χ0n) is 6.47. The van der Waals surface area contributed by atoms with Crippen LogP contribution in [0.1, 0.15) is 5.56 Å². The minimum atomic E-state index is -0.539. The van der Waals surface area contributed by atoms with E-state index in [2.05, 4.69) is 0 Å². The summed E-state index contributed by atoms with van der Waals surface area (Å²) in [6.07, 6.45) is 0. The quantitative estimate of drug-likeness (QED) is 0.663. The molecule has 0 unspecified atom stereocenters. The molecule has 0 spiro atoms. The van der Waals surface area contributed by atoms with Gasteiger partial charge in [0.1, 0.15) is 0 Å². The van der Waals surface area contributed by atoms with Crippen LogP contribution in [0.15, 0.2) is 17.5 Å². The van der Waals surface area contributed by atoms with Crippen molar-refractivity contribution in [2.75, 3.05) is 0 Å². The lowest BCUT2D eigenvalue weighted by molar-refractivity contribution is 0.439. The summed E-state index contributed by atoms with van der Waals surface area (Å²) in [5, 5.41) is 12.1. The van der Waals surface area contributed by atoms with E-state index in [0.29, 0.717) is 4.70 Å². The first-order valence-electron chi connectivity index (χ1n) is 3.55. The van der Waals surface area contributed by atoms with Crippen LogP contribution in [0.25, 0.3) is 10.1 Å². The third kappa shape index (κ3) is 0.898. The van der Waals surface area contributed by atoms with E-state index in [1.165, 1.54) is 17.4 Å². The summed E-state index contributed by atoms with van der Waals surface area (Å²) in [5.74, 6) is -0.770. The fourth-order valence-corrected chi connectivity index (χ4v) is 2.15. The van der Waals surface area contributed by atoms with Gasteiger partial charge in [0.2, 0.25) is 0 Å². The predicted octanol–water partition coefficient (Wildman–Crippen LogP) is 3.05. The molecule has 0 radical (unpaired) electrons. The average Bonchev–Trinajstić information content (AvgIpc) is 2.48. The highest BCUT2D eigenvalue weighted by Crippen LogP contribution is 2.34. The molecule has 0 aliphatic rings. The Balaban J connectivity index is 2.97. The van der Waals surface area contributed by atoms with Gasteiger partial charge in [-0.05, 0) is 35.4 Å². The molecule has 1 aromatic carbocycles. The second-order valence-electron chi connectivity index (χ2n) is 2.69. The lowest BCUT2D eigenvalue weighted by Crippen LogP contribution is -1.79. The number of rotatable bonds is 0. The van der Waals surface area contributed by atoms with Gasteiger partial charge in [-0.3, -0.25) is 0 Å². The molecule has 1 nitrogen and oxygen atoms in total. The molecule has 2 aromatic rings. The van der Waals surface area contributed by atoms with Gasteiger partial charge in [0.15, 0.2) is 11.6 Å². The lowest BCUT2D eigenvalue weighted by Gasteiger charge is -1.99. The standard InChI is InChI=1S/C9H7FOS/c1-5-4-7(10)8(11)9-6(5)2-3-12-9/h2-4,11H,1H3. The Hall–Kier alpha value is -1.09. The van der Waals surface area contributed by atoms with E-state index >= 15 is 0 Å². The van der Waals surface area contributed by atoms with Crippen molar-refractivity contribution < 1.29 is 9.50 Å². The molecular formula is C9H7FOS. The van der Waals surface area contributed by atoms with E-state index in [4.69, 9.17) is 0 Å². The van der Waals surface area contributed by atoms with Crippen LogP contribution in [0, 0.1) is 12.7 Å². The molecular weight excluding hydrogens is 175 g/mol. The molecule has 62 valence electrons. The molecule has 1 heterocycles. The number of hydrogen-bond donors (Lipinski definition) is 1. The van der Waals surface area contributed by atoms with Crippen molar-refractivity contribution in [3.8, 4) is 5.75 Å². The molecule has 0 bridgehead atoms. The number of halogens is 1. The van der Waals surface area contributed by atoms with E-state index in [1.54, 1.807) is 0 Å². The predicted molar refractivity (Wildman–Crippen MR) is 48.2 cm³/mol. The molecule has 0 saturated heterocycles. The zero-order chi connectivity index (χ0) is 8.72. The van der Waals surface area contributed by atoms with Crippen LogP contribution < -0.4 is 0 Å². The molecule has 1 aromatic heterocycles. The van der Waals surface area contributed by atoms with Crippen LogP contribution in [0.4, 0.5) is 4.39 Å². The Morgan fingerprint density at radius 2 is 2.25 bits per heavy atom. The van der Waals surface area contributed by atoms with E-state index in [0.717, 1.165) is 10.9 Å². The first-order valence-corrected chi connectivity index (χ1v) is 4.43. The highest BCUT2D eigenvalue weighted by atomic mass is 32.1. The summed E-state index contributed by atoms with van der Waals surface area (Å²) in [5.41, 5.74) is 0.863. The number of phenolic OH excluding ortho intramolecular Hbond substituents is 1. The van der Waals surface area contributed by atoms with Gasteiger partial charge in [-0.25, -0.2) is 4.39 Å². The van der Waals surface area contributed by atoms with E-state index < -0.39 is 5.82 Å². The highest BCUT2D eigenvalue weighted by molar-refractivity contribution is 7.17. The fourth-order valence-electron chi connectivity index (χ4n) is 1.25. The van der Waals surface area contributed by atoms with Crippen LogP contribution in [-0.2, 0) is 0 Å². The molecule has 3 heteroatoms. The molecule has 1 N–H and O–H groups in total. The summed E-state index contributed by atoms with van der Waals surface area (Å²) in [6, 6.07) is 3.24. The van der Waals surface area contributed by atoms with Gasteiger partial charge in [0.25, 0.3) is 0 Å². The van der Waals surface area contributed by atoms with Crippen molar-refractivity contribution in [3.05, 3.63) is 28.9 Å². The van der Waals surface area contributed by atoms with E-state index in [9.17, 15) is 9.50 Å². The Bertz CT molecular complexity index is 433. The zero-order valence-corrected chi connectivity index (χ0v) is 7.28. The van der Waals surface area contributed by atoms with Crippen molar-refractivity contribution in [1.29, 1.82) is 0 Å². The van der Waals surface area contributed by atoms with Crippen LogP contribution in [-0.4, -0.2) is 5.11 Å². The van der Waals surface area contributed by atoms with Gasteiger partial charge in [-0.1, -0.05) is 0 Å². The van der Waals surface area contributed by atoms with Crippen LogP contribution >= 0.6 is 11.3 Å². The molecule has 0 fully saturated rings. The van der Waals surface area contributed by atoms with Crippen molar-refractivity contribution in [2.24, 2.45) is 0 Å². The number of aromatic hydroxyl groups is 1. The molecule has 0 aliphatic carbocycles. The van der Waals surface area contributed by atoms with Crippen LogP contribution in [0.3, 0.4) is 0 Å². The Labute approximate surface area is 73.1 Å². The largest absolute Gasteiger partial charge is 0.504 e. The summed E-state index contributed by atoms with van der Waals surface area (Å²) >= 11 is 1.35. The Morgan fingerprint density at radius 1 is 1.50 bits per heavy atom. The monoisotopic (exact) mass is 182 g/mol. The second kappa shape index (κ2) is 2.45. The summed E-state index contributed by atoms with van der Waals surface area (Å²) in [4.78, 5) is 0. The summed E-state index contributed by atoms with van der Waals surface area (Å²) in [6.45, 7) is 1.83. The first kappa shape index (κ1) is 7.55. The Kier molecular flexibility index (Phi) is 1.54. The van der Waals surface area contributed by atoms with Crippen molar-refractivity contribution in [3.63, 3.8) is 0 Å². The van der Waals surface area contributed by atoms with Gasteiger partial charge in [0.05, 0.1) is 4.70 Å². The maximum Gasteiger partial charge on any atom is 0.169 e. The van der Waals surface area contributed by atoms with Gasteiger partial charge >= 0.3 is 0 Å². The number of thiophene rings is 1. The fraction of sp³-hybridized carbons (Fsp3) is 0.111. The molecule has 0 saturated carbocycles. The number of hydrogen-bond acceptors (Lipinski definition) is 2. The summed E-state index contributed by atoms with van der Waals surface area (Å²) in [7, 11) is 0. The third-order valence-electron chi connectivity index (χ3n) is 1.87. The molecule has 0 atom stereocenters. The number of aryl methyl sites for hydroxylation is 1.